The predicted octanol–water partition coefficient (Wildman–Crippen LogP) is 4.90. The summed E-state index contributed by atoms with van der Waals surface area (Å²) >= 11 is 6.92. The van der Waals surface area contributed by atoms with Crippen LogP contribution in [0.3, 0.4) is 0 Å². The van der Waals surface area contributed by atoms with Crippen LogP contribution in [0.15, 0.2) is 45.5 Å². The van der Waals surface area contributed by atoms with Crippen LogP contribution in [-0.2, 0) is 6.54 Å². The summed E-state index contributed by atoms with van der Waals surface area (Å²) in [6, 6.07) is 10.1. The van der Waals surface area contributed by atoms with Crippen LogP contribution in [0.1, 0.15) is 19.4 Å². The van der Waals surface area contributed by atoms with Crippen LogP contribution >= 0.6 is 31.9 Å². The molecule has 0 spiro atoms. The Bertz CT molecular complexity index is 588. The number of hydrogen-bond donors (Lipinski definition) is 1. The average molecular weight is 400 g/mol. The van der Waals surface area contributed by atoms with Crippen molar-refractivity contribution >= 4 is 31.9 Å². The van der Waals surface area contributed by atoms with E-state index in [2.05, 4.69) is 56.0 Å². The van der Waals surface area contributed by atoms with Gasteiger partial charge in [0.15, 0.2) is 0 Å². The number of pyridine rings is 1. The molecular weight excluding hydrogens is 384 g/mol. The minimum Gasteiger partial charge on any atom is -0.438 e. The maximum Gasteiger partial charge on any atom is 0.223 e. The van der Waals surface area contributed by atoms with Crippen LogP contribution in [0.25, 0.3) is 0 Å². The van der Waals surface area contributed by atoms with Gasteiger partial charge >= 0.3 is 0 Å². The summed E-state index contributed by atoms with van der Waals surface area (Å²) in [6.45, 7) is 4.96. The van der Waals surface area contributed by atoms with Crippen LogP contribution in [-0.4, -0.2) is 11.0 Å². The highest BCUT2D eigenvalue weighted by Gasteiger charge is 2.09. The Hall–Kier alpha value is -0.910. The largest absolute Gasteiger partial charge is 0.438 e. The first kappa shape index (κ1) is 15.5. The lowest BCUT2D eigenvalue weighted by Crippen LogP contribution is -2.22. The van der Waals surface area contributed by atoms with Crippen molar-refractivity contribution in [1.82, 2.24) is 10.3 Å². The van der Waals surface area contributed by atoms with E-state index in [9.17, 15) is 0 Å². The molecule has 0 atom stereocenters. The number of halogens is 2. The number of nitrogens with zero attached hydrogens (tertiary/aromatic N) is 1. The maximum absolute atomic E-state index is 5.91. The maximum atomic E-state index is 5.91. The molecule has 0 bridgehead atoms. The lowest BCUT2D eigenvalue weighted by molar-refractivity contribution is 0.447. The van der Waals surface area contributed by atoms with Crippen molar-refractivity contribution in [2.24, 2.45) is 0 Å². The van der Waals surface area contributed by atoms with Gasteiger partial charge in [0.2, 0.25) is 5.88 Å². The first-order valence-corrected chi connectivity index (χ1v) is 7.95. The fourth-order valence-corrected chi connectivity index (χ4v) is 2.75. The molecule has 0 saturated carbocycles. The van der Waals surface area contributed by atoms with Crippen LogP contribution < -0.4 is 10.1 Å². The van der Waals surface area contributed by atoms with Gasteiger partial charge in [-0.15, -0.1) is 0 Å². The van der Waals surface area contributed by atoms with E-state index in [0.29, 0.717) is 11.9 Å². The molecule has 0 aliphatic heterocycles. The van der Waals surface area contributed by atoms with Crippen LogP contribution in [0.4, 0.5) is 0 Å². The Morgan fingerprint density at radius 2 is 2.05 bits per heavy atom. The van der Waals surface area contributed by atoms with Crippen molar-refractivity contribution in [2.45, 2.75) is 26.4 Å². The second-order valence-electron chi connectivity index (χ2n) is 4.68. The molecule has 1 N–H and O–H groups in total. The molecule has 106 valence electrons. The van der Waals surface area contributed by atoms with Gasteiger partial charge in [-0.25, -0.2) is 4.98 Å². The normalized spacial score (nSPS) is 10.8. The Kier molecular flexibility index (Phi) is 5.57. The lowest BCUT2D eigenvalue weighted by atomic mass is 10.2. The molecule has 0 saturated heterocycles. The molecule has 0 fully saturated rings. The fraction of sp³-hybridized carbons (Fsp3) is 0.267. The van der Waals surface area contributed by atoms with Crippen molar-refractivity contribution in [2.75, 3.05) is 0 Å². The van der Waals surface area contributed by atoms with Crippen molar-refractivity contribution in [1.29, 1.82) is 0 Å². The zero-order valence-corrected chi connectivity index (χ0v) is 14.5. The number of rotatable bonds is 5. The van der Waals surface area contributed by atoms with E-state index in [1.165, 1.54) is 0 Å². The molecular formula is C15H16Br2N2O. The van der Waals surface area contributed by atoms with Crippen LogP contribution in [0, 0.1) is 0 Å². The van der Waals surface area contributed by atoms with E-state index in [1.54, 1.807) is 6.20 Å². The smallest absolute Gasteiger partial charge is 0.223 e. The highest BCUT2D eigenvalue weighted by Crippen LogP contribution is 2.32. The number of aromatic nitrogens is 1. The first-order valence-electron chi connectivity index (χ1n) is 6.36. The van der Waals surface area contributed by atoms with Gasteiger partial charge in [0.25, 0.3) is 0 Å². The second-order valence-corrected chi connectivity index (χ2v) is 6.45. The Morgan fingerprint density at radius 3 is 2.75 bits per heavy atom. The van der Waals surface area contributed by atoms with Crippen molar-refractivity contribution in [3.05, 3.63) is 51.0 Å². The van der Waals surface area contributed by atoms with Gasteiger partial charge < -0.3 is 10.1 Å². The third-order valence-corrected chi connectivity index (χ3v) is 3.76. The lowest BCUT2D eigenvalue weighted by Gasteiger charge is -2.13. The van der Waals surface area contributed by atoms with Crippen molar-refractivity contribution in [3.63, 3.8) is 0 Å². The van der Waals surface area contributed by atoms with E-state index in [-0.39, 0.29) is 0 Å². The molecule has 2 aromatic rings. The minimum atomic E-state index is 0.419. The zero-order chi connectivity index (χ0) is 14.5. The van der Waals surface area contributed by atoms with Crippen LogP contribution in [0.5, 0.6) is 11.6 Å². The van der Waals surface area contributed by atoms with Gasteiger partial charge in [-0.05, 0) is 40.2 Å². The average Bonchev–Trinajstić information content (AvgIpc) is 2.41. The van der Waals surface area contributed by atoms with Crippen LogP contribution in [0.2, 0.25) is 0 Å². The summed E-state index contributed by atoms with van der Waals surface area (Å²) in [6.07, 6.45) is 1.74. The van der Waals surface area contributed by atoms with E-state index < -0.39 is 0 Å². The zero-order valence-electron chi connectivity index (χ0n) is 11.4. The Labute approximate surface area is 136 Å². The van der Waals surface area contributed by atoms with Gasteiger partial charge in [-0.3, -0.25) is 0 Å². The van der Waals surface area contributed by atoms with Crippen molar-refractivity contribution in [3.8, 4) is 11.6 Å². The van der Waals surface area contributed by atoms with Gasteiger partial charge in [0.1, 0.15) is 5.75 Å². The molecule has 1 aromatic heterocycles. The topological polar surface area (TPSA) is 34.2 Å². The third-order valence-electron chi connectivity index (χ3n) is 2.65. The van der Waals surface area contributed by atoms with Gasteiger partial charge in [-0.1, -0.05) is 35.8 Å². The minimum absolute atomic E-state index is 0.419. The predicted molar refractivity (Wildman–Crippen MR) is 88.1 cm³/mol. The SMILES string of the molecule is CC(C)NCc1cccnc1Oc1ccc(Br)cc1Br. The molecule has 20 heavy (non-hydrogen) atoms. The molecule has 0 amide bonds. The van der Waals surface area contributed by atoms with Crippen molar-refractivity contribution < 1.29 is 4.74 Å². The molecule has 0 aliphatic carbocycles. The Balaban J connectivity index is 2.20. The quantitative estimate of drug-likeness (QED) is 0.776. The summed E-state index contributed by atoms with van der Waals surface area (Å²) in [7, 11) is 0. The molecule has 2 rings (SSSR count). The third kappa shape index (κ3) is 4.30. The Morgan fingerprint density at radius 1 is 1.25 bits per heavy atom. The van der Waals surface area contributed by atoms with E-state index in [1.807, 2.05) is 30.3 Å². The highest BCUT2D eigenvalue weighted by atomic mass is 79.9. The van der Waals surface area contributed by atoms with Gasteiger partial charge in [-0.2, -0.15) is 0 Å². The summed E-state index contributed by atoms with van der Waals surface area (Å²) in [5, 5.41) is 3.37. The van der Waals surface area contributed by atoms with Gasteiger partial charge in [0, 0.05) is 28.8 Å². The molecule has 0 unspecified atom stereocenters. The summed E-state index contributed by atoms with van der Waals surface area (Å²) < 4.78 is 7.80. The molecule has 1 aromatic carbocycles. The van der Waals surface area contributed by atoms with E-state index >= 15 is 0 Å². The number of nitrogens with one attached hydrogen (secondary N) is 1. The molecule has 0 radical (unpaired) electrons. The van der Waals surface area contributed by atoms with Gasteiger partial charge in [0.05, 0.1) is 4.47 Å². The molecule has 1 heterocycles. The van der Waals surface area contributed by atoms with E-state index in [0.717, 1.165) is 26.8 Å². The summed E-state index contributed by atoms with van der Waals surface area (Å²) in [5.74, 6) is 1.38. The molecule has 5 heteroatoms. The molecule has 3 nitrogen and oxygen atoms in total. The fourth-order valence-electron chi connectivity index (χ4n) is 1.63. The highest BCUT2D eigenvalue weighted by molar-refractivity contribution is 9.11. The number of ether oxygens (including phenoxy) is 1. The first-order chi connectivity index (χ1) is 9.56. The summed E-state index contributed by atoms with van der Waals surface area (Å²) in [4.78, 5) is 4.32. The monoisotopic (exact) mass is 398 g/mol. The second kappa shape index (κ2) is 7.20. The molecule has 0 aliphatic rings. The van der Waals surface area contributed by atoms with E-state index in [4.69, 9.17) is 4.74 Å². The standard InChI is InChI=1S/C15H16Br2N2O/c1-10(2)19-9-11-4-3-7-18-15(11)20-14-6-5-12(16)8-13(14)17/h3-8,10,19H,9H2,1-2H3. The summed E-state index contributed by atoms with van der Waals surface area (Å²) in [5.41, 5.74) is 1.04. The number of hydrogen-bond acceptors (Lipinski definition) is 3. The number of benzene rings is 1.